The van der Waals surface area contributed by atoms with Crippen molar-refractivity contribution in [2.24, 2.45) is 7.05 Å². The summed E-state index contributed by atoms with van der Waals surface area (Å²) in [5.41, 5.74) is 0.0386. The second-order valence-electron chi connectivity index (χ2n) is 6.41. The fourth-order valence-electron chi connectivity index (χ4n) is 3.13. The predicted molar refractivity (Wildman–Crippen MR) is 99.8 cm³/mol. The summed E-state index contributed by atoms with van der Waals surface area (Å²) >= 11 is 0. The molecule has 7 nitrogen and oxygen atoms in total. The first kappa shape index (κ1) is 18.7. The molecule has 3 aromatic heterocycles. The molecule has 3 heterocycles. The van der Waals surface area contributed by atoms with Gasteiger partial charge in [-0.3, -0.25) is 9.48 Å². The highest BCUT2D eigenvalue weighted by Gasteiger charge is 2.40. The lowest BCUT2D eigenvalue weighted by Gasteiger charge is -2.13. The molecule has 0 radical (unpaired) electrons. The minimum Gasteiger partial charge on any atom is -0.320 e. The van der Waals surface area contributed by atoms with Crippen LogP contribution in [-0.2, 0) is 13.2 Å². The van der Waals surface area contributed by atoms with Crippen molar-refractivity contribution in [3.8, 4) is 5.69 Å². The molecular weight excluding hydrogens is 385 g/mol. The van der Waals surface area contributed by atoms with E-state index in [-0.39, 0.29) is 11.4 Å². The average Bonchev–Trinajstić information content (AvgIpc) is 3.24. The Hall–Kier alpha value is -3.69. The smallest absolute Gasteiger partial charge is 0.320 e. The van der Waals surface area contributed by atoms with E-state index in [1.54, 1.807) is 42.9 Å². The topological polar surface area (TPSA) is 77.6 Å². The van der Waals surface area contributed by atoms with Crippen LogP contribution in [0.15, 0.2) is 48.8 Å². The van der Waals surface area contributed by atoms with Gasteiger partial charge in [0.1, 0.15) is 0 Å². The molecule has 0 saturated heterocycles. The number of amides is 1. The third kappa shape index (κ3) is 3.33. The molecule has 0 unspecified atom stereocenters. The Bertz CT molecular complexity index is 1210. The Labute approximate surface area is 162 Å². The SMILES string of the molecule is Cc1nn(C)c2ncc(NC(=O)c3cnn(-c4ccccc4)c3C(F)(F)F)cc12. The first-order chi connectivity index (χ1) is 13.8. The van der Waals surface area contributed by atoms with Gasteiger partial charge in [0.25, 0.3) is 5.91 Å². The van der Waals surface area contributed by atoms with Crippen molar-refractivity contribution in [1.29, 1.82) is 0 Å². The quantitative estimate of drug-likeness (QED) is 0.568. The van der Waals surface area contributed by atoms with Crippen molar-refractivity contribution in [3.05, 3.63) is 65.7 Å². The van der Waals surface area contributed by atoms with E-state index >= 15 is 0 Å². The normalized spacial score (nSPS) is 11.8. The molecule has 0 aliphatic rings. The number of hydrogen-bond donors (Lipinski definition) is 1. The number of pyridine rings is 1. The fraction of sp³-hybridized carbons (Fsp3) is 0.158. The molecule has 4 rings (SSSR count). The molecule has 148 valence electrons. The summed E-state index contributed by atoms with van der Waals surface area (Å²) in [4.78, 5) is 16.9. The van der Waals surface area contributed by atoms with E-state index in [9.17, 15) is 18.0 Å². The molecule has 0 spiro atoms. The first-order valence-corrected chi connectivity index (χ1v) is 8.57. The van der Waals surface area contributed by atoms with Crippen LogP contribution in [0.1, 0.15) is 21.7 Å². The van der Waals surface area contributed by atoms with Crippen molar-refractivity contribution < 1.29 is 18.0 Å². The first-order valence-electron chi connectivity index (χ1n) is 8.57. The van der Waals surface area contributed by atoms with Crippen LogP contribution in [0.25, 0.3) is 16.7 Å². The van der Waals surface area contributed by atoms with Crippen molar-refractivity contribution in [3.63, 3.8) is 0 Å². The number of aryl methyl sites for hydroxylation is 2. The number of carbonyl (C=O) groups excluding carboxylic acids is 1. The molecule has 0 aliphatic carbocycles. The summed E-state index contributed by atoms with van der Waals surface area (Å²) in [6.07, 6.45) is -2.50. The number of nitrogens with one attached hydrogen (secondary N) is 1. The van der Waals surface area contributed by atoms with Gasteiger partial charge in [-0.2, -0.15) is 23.4 Å². The third-order valence-electron chi connectivity index (χ3n) is 4.40. The van der Waals surface area contributed by atoms with E-state index in [2.05, 4.69) is 20.5 Å². The second-order valence-corrected chi connectivity index (χ2v) is 6.41. The third-order valence-corrected chi connectivity index (χ3v) is 4.40. The molecule has 29 heavy (non-hydrogen) atoms. The maximum absolute atomic E-state index is 13.7. The second kappa shape index (κ2) is 6.73. The largest absolute Gasteiger partial charge is 0.434 e. The van der Waals surface area contributed by atoms with Crippen molar-refractivity contribution in [2.75, 3.05) is 5.32 Å². The highest BCUT2D eigenvalue weighted by atomic mass is 19.4. The Morgan fingerprint density at radius 2 is 1.86 bits per heavy atom. The lowest BCUT2D eigenvalue weighted by atomic mass is 10.2. The maximum Gasteiger partial charge on any atom is 0.434 e. The lowest BCUT2D eigenvalue weighted by Crippen LogP contribution is -2.20. The van der Waals surface area contributed by atoms with Crippen LogP contribution in [0.3, 0.4) is 0 Å². The Morgan fingerprint density at radius 3 is 2.55 bits per heavy atom. The molecule has 0 fully saturated rings. The van der Waals surface area contributed by atoms with Crippen molar-refractivity contribution in [2.45, 2.75) is 13.1 Å². The molecule has 4 aromatic rings. The number of para-hydroxylation sites is 1. The molecule has 10 heteroatoms. The van der Waals surface area contributed by atoms with Crippen LogP contribution in [0, 0.1) is 6.92 Å². The summed E-state index contributed by atoms with van der Waals surface area (Å²) in [6.45, 7) is 1.78. The number of nitrogens with zero attached hydrogens (tertiary/aromatic N) is 5. The van der Waals surface area contributed by atoms with Gasteiger partial charge in [-0.25, -0.2) is 9.67 Å². The van der Waals surface area contributed by atoms with Crippen LogP contribution < -0.4 is 5.32 Å². The van der Waals surface area contributed by atoms with Gasteiger partial charge in [-0.05, 0) is 25.1 Å². The highest BCUT2D eigenvalue weighted by molar-refractivity contribution is 6.05. The molecule has 1 amide bonds. The number of rotatable bonds is 3. The number of anilines is 1. The lowest BCUT2D eigenvalue weighted by molar-refractivity contribution is -0.143. The Kier molecular flexibility index (Phi) is 4.33. The molecule has 0 atom stereocenters. The number of fused-ring (bicyclic) bond motifs is 1. The van der Waals surface area contributed by atoms with E-state index < -0.39 is 23.3 Å². The number of halogens is 3. The number of alkyl halides is 3. The van der Waals surface area contributed by atoms with E-state index in [1.807, 2.05) is 0 Å². The Balaban J connectivity index is 1.72. The minimum absolute atomic E-state index is 0.202. The van der Waals surface area contributed by atoms with Gasteiger partial charge in [0.05, 0.1) is 35.0 Å². The molecular formula is C19H15F3N6O. The number of carbonyl (C=O) groups is 1. The van der Waals surface area contributed by atoms with Gasteiger partial charge < -0.3 is 5.32 Å². The van der Waals surface area contributed by atoms with Crippen molar-refractivity contribution >= 4 is 22.6 Å². The van der Waals surface area contributed by atoms with Crippen molar-refractivity contribution in [1.82, 2.24) is 24.5 Å². The van der Waals surface area contributed by atoms with Gasteiger partial charge in [-0.1, -0.05) is 18.2 Å². The van der Waals surface area contributed by atoms with Gasteiger partial charge in [0.2, 0.25) is 0 Å². The van der Waals surface area contributed by atoms with Gasteiger partial charge in [-0.15, -0.1) is 0 Å². The van der Waals surface area contributed by atoms with Crippen LogP contribution in [0.2, 0.25) is 0 Å². The standard InChI is InChI=1S/C19H15F3N6O/c1-11-14-8-12(9-23-17(14)27(2)26-11)25-18(29)15-10-24-28(16(15)19(20,21)22)13-6-4-3-5-7-13/h3-10H,1-2H3,(H,25,29). The van der Waals surface area contributed by atoms with Gasteiger partial charge in [0.15, 0.2) is 11.3 Å². The van der Waals surface area contributed by atoms with E-state index in [0.717, 1.165) is 6.20 Å². The number of aromatic nitrogens is 5. The summed E-state index contributed by atoms with van der Waals surface area (Å²) in [5.74, 6) is -0.929. The van der Waals surface area contributed by atoms with E-state index in [0.29, 0.717) is 21.4 Å². The highest BCUT2D eigenvalue weighted by Crippen LogP contribution is 2.34. The maximum atomic E-state index is 13.7. The molecule has 0 saturated carbocycles. The van der Waals surface area contributed by atoms with Crippen LogP contribution in [0.4, 0.5) is 18.9 Å². The predicted octanol–water partition coefficient (Wildman–Crippen LogP) is 3.73. The van der Waals surface area contributed by atoms with E-state index in [4.69, 9.17) is 0 Å². The number of hydrogen-bond acceptors (Lipinski definition) is 4. The molecule has 1 N–H and O–H groups in total. The number of benzene rings is 1. The monoisotopic (exact) mass is 400 g/mol. The average molecular weight is 400 g/mol. The summed E-state index contributed by atoms with van der Waals surface area (Å²) in [5, 5.41) is 11.2. The summed E-state index contributed by atoms with van der Waals surface area (Å²) < 4.78 is 43.5. The molecule has 0 aliphatic heterocycles. The molecule has 1 aromatic carbocycles. The zero-order chi connectivity index (χ0) is 20.8. The minimum atomic E-state index is -4.78. The van der Waals surface area contributed by atoms with Crippen LogP contribution in [-0.4, -0.2) is 30.5 Å². The molecule has 0 bridgehead atoms. The zero-order valence-electron chi connectivity index (χ0n) is 15.4. The fourth-order valence-corrected chi connectivity index (χ4v) is 3.13. The van der Waals surface area contributed by atoms with Crippen LogP contribution in [0.5, 0.6) is 0 Å². The van der Waals surface area contributed by atoms with E-state index in [1.165, 1.54) is 18.3 Å². The van der Waals surface area contributed by atoms with Crippen LogP contribution >= 0.6 is 0 Å². The Morgan fingerprint density at radius 1 is 1.14 bits per heavy atom. The summed E-state index contributed by atoms with van der Waals surface area (Å²) in [7, 11) is 1.73. The van der Waals surface area contributed by atoms with Gasteiger partial charge in [0, 0.05) is 12.4 Å². The van der Waals surface area contributed by atoms with Gasteiger partial charge >= 0.3 is 6.18 Å². The zero-order valence-corrected chi connectivity index (χ0v) is 15.4. The summed E-state index contributed by atoms with van der Waals surface area (Å²) in [6, 6.07) is 9.44.